The third-order valence-corrected chi connectivity index (χ3v) is 6.53. The minimum Gasteiger partial charge on any atom is -0.427 e. The molecule has 0 bridgehead atoms. The maximum Gasteiger partial charge on any atom is 0.309 e. The van der Waals surface area contributed by atoms with Crippen molar-refractivity contribution < 1.29 is 14.1 Å². The second-order valence-electron chi connectivity index (χ2n) is 8.43. The van der Waals surface area contributed by atoms with E-state index in [4.69, 9.17) is 4.65 Å². The highest BCUT2D eigenvalue weighted by molar-refractivity contribution is 6.48. The van der Waals surface area contributed by atoms with Crippen molar-refractivity contribution in [3.05, 3.63) is 66.7 Å². The molecule has 0 spiro atoms. The monoisotopic (exact) mass is 388 g/mol. The summed E-state index contributed by atoms with van der Waals surface area (Å²) in [6, 6.07) is 23.5. The van der Waals surface area contributed by atoms with Crippen molar-refractivity contribution in [2.45, 2.75) is 45.3 Å². The van der Waals surface area contributed by atoms with Gasteiger partial charge in [-0.3, -0.25) is 0 Å². The SMILES string of the molecule is CCC(C)(OF)C(C)(C)OBc1ccc2c3ccccc3c3ccccc3c2c1. The van der Waals surface area contributed by atoms with Gasteiger partial charge in [0.15, 0.2) is 0 Å². The van der Waals surface area contributed by atoms with E-state index in [1.54, 1.807) is 6.92 Å². The average Bonchev–Trinajstić information content (AvgIpc) is 2.77. The summed E-state index contributed by atoms with van der Waals surface area (Å²) in [4.78, 5) is 4.29. The van der Waals surface area contributed by atoms with Gasteiger partial charge in [-0.15, -0.1) is 0 Å². The second kappa shape index (κ2) is 7.44. The average molecular weight is 388 g/mol. The largest absolute Gasteiger partial charge is 0.427 e. The number of hydrogen-bond acceptors (Lipinski definition) is 2. The van der Waals surface area contributed by atoms with Gasteiger partial charge < -0.3 is 4.65 Å². The van der Waals surface area contributed by atoms with Crippen LogP contribution in [0.4, 0.5) is 4.53 Å². The second-order valence-corrected chi connectivity index (χ2v) is 8.43. The summed E-state index contributed by atoms with van der Waals surface area (Å²) < 4.78 is 19.4. The first-order valence-corrected chi connectivity index (χ1v) is 10.2. The van der Waals surface area contributed by atoms with Gasteiger partial charge in [0, 0.05) is 0 Å². The third kappa shape index (κ3) is 3.31. The maximum absolute atomic E-state index is 13.2. The summed E-state index contributed by atoms with van der Waals surface area (Å²) in [7, 11) is 0.392. The predicted molar refractivity (Wildman–Crippen MR) is 122 cm³/mol. The molecule has 4 aromatic carbocycles. The lowest BCUT2D eigenvalue weighted by molar-refractivity contribution is -0.279. The minimum atomic E-state index is -0.993. The van der Waals surface area contributed by atoms with Crippen LogP contribution in [0.3, 0.4) is 0 Å². The van der Waals surface area contributed by atoms with Gasteiger partial charge in [-0.05, 0) is 64.0 Å². The molecule has 0 fully saturated rings. The highest BCUT2D eigenvalue weighted by Gasteiger charge is 2.43. The number of rotatable bonds is 6. The molecule has 0 aliphatic rings. The zero-order valence-corrected chi connectivity index (χ0v) is 17.5. The molecule has 29 heavy (non-hydrogen) atoms. The Kier molecular flexibility index (Phi) is 5.10. The van der Waals surface area contributed by atoms with E-state index < -0.39 is 11.2 Å². The van der Waals surface area contributed by atoms with Gasteiger partial charge >= 0.3 is 7.48 Å². The van der Waals surface area contributed by atoms with Crippen LogP contribution in [-0.2, 0) is 9.60 Å². The lowest BCUT2D eigenvalue weighted by Gasteiger charge is -2.40. The lowest BCUT2D eigenvalue weighted by Crippen LogP contribution is -2.51. The van der Waals surface area contributed by atoms with Crippen LogP contribution in [0.1, 0.15) is 34.1 Å². The number of halogens is 1. The standard InChI is InChI=1S/C25H26BFO2/c1-5-25(4,29-27)24(2,3)28-26-17-14-15-22-20-12-7-6-10-18(20)19-11-8-9-13-21(19)23(22)16-17/h6-16,26H,5H2,1-4H3. The van der Waals surface area contributed by atoms with Crippen molar-refractivity contribution in [3.63, 3.8) is 0 Å². The van der Waals surface area contributed by atoms with Gasteiger partial charge in [0.25, 0.3) is 0 Å². The molecule has 0 aromatic heterocycles. The third-order valence-electron chi connectivity index (χ3n) is 6.53. The summed E-state index contributed by atoms with van der Waals surface area (Å²) in [6.45, 7) is 7.39. The smallest absolute Gasteiger partial charge is 0.309 e. The van der Waals surface area contributed by atoms with Crippen LogP contribution < -0.4 is 5.46 Å². The molecule has 0 amide bonds. The number of fused-ring (bicyclic) bond motifs is 6. The van der Waals surface area contributed by atoms with Crippen molar-refractivity contribution >= 4 is 45.3 Å². The molecule has 0 radical (unpaired) electrons. The highest BCUT2D eigenvalue weighted by Crippen LogP contribution is 2.35. The summed E-state index contributed by atoms with van der Waals surface area (Å²) in [5.41, 5.74) is -0.702. The Morgan fingerprint density at radius 3 is 1.72 bits per heavy atom. The van der Waals surface area contributed by atoms with Crippen LogP contribution >= 0.6 is 0 Å². The topological polar surface area (TPSA) is 18.5 Å². The zero-order chi connectivity index (χ0) is 20.6. The molecule has 0 saturated carbocycles. The Labute approximate surface area is 171 Å². The molecule has 2 nitrogen and oxygen atoms in total. The first kappa shape index (κ1) is 19.9. The molecule has 1 unspecified atom stereocenters. The van der Waals surface area contributed by atoms with Crippen LogP contribution in [0.5, 0.6) is 0 Å². The number of benzene rings is 4. The number of hydrogen-bond donors (Lipinski definition) is 0. The van der Waals surface area contributed by atoms with Crippen molar-refractivity contribution in [1.29, 1.82) is 0 Å². The Morgan fingerprint density at radius 2 is 1.24 bits per heavy atom. The summed E-state index contributed by atoms with van der Waals surface area (Å²) in [5, 5.41) is 7.43. The highest BCUT2D eigenvalue weighted by atomic mass is 19.3. The van der Waals surface area contributed by atoms with E-state index in [2.05, 4.69) is 71.7 Å². The molecule has 0 saturated heterocycles. The van der Waals surface area contributed by atoms with E-state index in [0.29, 0.717) is 13.9 Å². The quantitative estimate of drug-likeness (QED) is 0.299. The molecule has 148 valence electrons. The van der Waals surface area contributed by atoms with Crippen LogP contribution in [0.15, 0.2) is 66.7 Å². The Hall–Kier alpha value is -2.43. The molecule has 4 rings (SSSR count). The van der Waals surface area contributed by atoms with E-state index in [1.165, 1.54) is 32.3 Å². The maximum atomic E-state index is 13.2. The van der Waals surface area contributed by atoms with Gasteiger partial charge in [-0.25, -0.2) is 0 Å². The fourth-order valence-electron chi connectivity index (χ4n) is 4.03. The minimum absolute atomic E-state index is 0.392. The van der Waals surface area contributed by atoms with Gasteiger partial charge in [0.1, 0.15) is 5.60 Å². The van der Waals surface area contributed by atoms with E-state index in [9.17, 15) is 4.53 Å². The molecular weight excluding hydrogens is 362 g/mol. The van der Waals surface area contributed by atoms with E-state index in [-0.39, 0.29) is 0 Å². The molecule has 0 heterocycles. The fourth-order valence-corrected chi connectivity index (χ4v) is 4.03. The Balaban J connectivity index is 1.79. The molecule has 0 N–H and O–H groups in total. The van der Waals surface area contributed by atoms with Gasteiger partial charge in [-0.1, -0.05) is 79.1 Å². The summed E-state index contributed by atoms with van der Waals surface area (Å²) in [6.07, 6.45) is 0.519. The van der Waals surface area contributed by atoms with Crippen LogP contribution in [0.25, 0.3) is 32.3 Å². The molecular formula is C25H26BFO2. The van der Waals surface area contributed by atoms with Crippen LogP contribution in [-0.4, -0.2) is 18.7 Å². The van der Waals surface area contributed by atoms with Crippen LogP contribution in [0, 0.1) is 0 Å². The van der Waals surface area contributed by atoms with Crippen molar-refractivity contribution in [3.8, 4) is 0 Å². The molecule has 0 aliphatic carbocycles. The van der Waals surface area contributed by atoms with Crippen LogP contribution in [0.2, 0.25) is 0 Å². The first-order chi connectivity index (χ1) is 13.9. The zero-order valence-electron chi connectivity index (χ0n) is 17.5. The van der Waals surface area contributed by atoms with Crippen molar-refractivity contribution in [2.75, 3.05) is 0 Å². The van der Waals surface area contributed by atoms with Gasteiger partial charge in [0.2, 0.25) is 0 Å². The summed E-state index contributed by atoms with van der Waals surface area (Å²) in [5.74, 6) is 0. The van der Waals surface area contributed by atoms with E-state index >= 15 is 0 Å². The molecule has 0 aliphatic heterocycles. The molecule has 4 heteroatoms. The van der Waals surface area contributed by atoms with E-state index in [0.717, 1.165) is 5.46 Å². The van der Waals surface area contributed by atoms with Gasteiger partial charge in [0.05, 0.1) is 5.60 Å². The fraction of sp³-hybridized carbons (Fsp3) is 0.280. The van der Waals surface area contributed by atoms with E-state index in [1.807, 2.05) is 20.8 Å². The van der Waals surface area contributed by atoms with Gasteiger partial charge in [-0.2, -0.15) is 4.94 Å². The normalized spacial score (nSPS) is 14.4. The predicted octanol–water partition coefficient (Wildman–Crippen LogP) is 5.99. The van der Waals surface area contributed by atoms with Crippen molar-refractivity contribution in [1.82, 2.24) is 0 Å². The Morgan fingerprint density at radius 1 is 0.759 bits per heavy atom. The Bertz CT molecular complexity index is 1150. The van der Waals surface area contributed by atoms with Crippen molar-refractivity contribution in [2.24, 2.45) is 0 Å². The molecule has 1 atom stereocenters. The lowest BCUT2D eigenvalue weighted by atomic mass is 9.79. The first-order valence-electron chi connectivity index (χ1n) is 10.2. The molecule has 4 aromatic rings. The summed E-state index contributed by atoms with van der Waals surface area (Å²) >= 11 is 0.